The minimum Gasteiger partial charge on any atom is -0.357 e. The topological polar surface area (TPSA) is 67.1 Å². The molecule has 1 aromatic heterocycles. The molecule has 7 heteroatoms. The van der Waals surface area contributed by atoms with Crippen LogP contribution in [0.2, 0.25) is 0 Å². The van der Waals surface area contributed by atoms with Crippen molar-refractivity contribution in [3.8, 4) is 0 Å². The molecule has 2 heterocycles. The molecule has 1 aliphatic rings. The molecule has 0 fully saturated rings. The highest BCUT2D eigenvalue weighted by molar-refractivity contribution is 14.0. The SMILES string of the molecule is CCNC(=NCCCc1ccc(C(C)C)cc1)NCCc1nnc2n1CCCCC2.I. The number of hydrogen-bond acceptors (Lipinski definition) is 3. The molecule has 0 saturated heterocycles. The molecule has 0 aliphatic carbocycles. The first kappa shape index (κ1) is 25.6. The van der Waals surface area contributed by atoms with Gasteiger partial charge in [-0.1, -0.05) is 44.5 Å². The van der Waals surface area contributed by atoms with Crippen molar-refractivity contribution in [1.29, 1.82) is 0 Å². The third kappa shape index (κ3) is 8.09. The van der Waals surface area contributed by atoms with Crippen molar-refractivity contribution >= 4 is 29.9 Å². The first-order valence-corrected chi connectivity index (χ1v) is 11.7. The summed E-state index contributed by atoms with van der Waals surface area (Å²) in [5.74, 6) is 3.73. The van der Waals surface area contributed by atoms with E-state index in [4.69, 9.17) is 4.99 Å². The predicted molar refractivity (Wildman–Crippen MR) is 140 cm³/mol. The third-order valence-electron chi connectivity index (χ3n) is 5.71. The molecule has 31 heavy (non-hydrogen) atoms. The van der Waals surface area contributed by atoms with Crippen LogP contribution >= 0.6 is 24.0 Å². The quantitative estimate of drug-likeness (QED) is 0.214. The number of guanidine groups is 1. The number of rotatable bonds is 9. The highest BCUT2D eigenvalue weighted by Crippen LogP contribution is 2.16. The van der Waals surface area contributed by atoms with Crippen LogP contribution in [0.15, 0.2) is 29.3 Å². The number of benzene rings is 1. The molecule has 1 aliphatic heterocycles. The summed E-state index contributed by atoms with van der Waals surface area (Å²) in [6, 6.07) is 9.01. The number of hydrogen-bond donors (Lipinski definition) is 2. The Kier molecular flexibility index (Phi) is 11.3. The molecule has 0 bridgehead atoms. The molecular formula is C24H39IN6. The van der Waals surface area contributed by atoms with Gasteiger partial charge >= 0.3 is 0 Å². The number of aryl methyl sites for hydroxylation is 2. The lowest BCUT2D eigenvalue weighted by Crippen LogP contribution is -2.38. The summed E-state index contributed by atoms with van der Waals surface area (Å²) in [7, 11) is 0. The van der Waals surface area contributed by atoms with Crippen molar-refractivity contribution in [2.24, 2.45) is 4.99 Å². The van der Waals surface area contributed by atoms with E-state index in [0.29, 0.717) is 5.92 Å². The smallest absolute Gasteiger partial charge is 0.191 e. The second-order valence-electron chi connectivity index (χ2n) is 8.43. The first-order valence-electron chi connectivity index (χ1n) is 11.7. The Bertz CT molecular complexity index is 797. The summed E-state index contributed by atoms with van der Waals surface area (Å²) in [5.41, 5.74) is 2.79. The van der Waals surface area contributed by atoms with Gasteiger partial charge in [-0.05, 0) is 49.7 Å². The Balaban J connectivity index is 0.00000341. The number of fused-ring (bicyclic) bond motifs is 1. The van der Waals surface area contributed by atoms with E-state index >= 15 is 0 Å². The molecule has 0 spiro atoms. The lowest BCUT2D eigenvalue weighted by atomic mass is 10.0. The molecule has 0 atom stereocenters. The summed E-state index contributed by atoms with van der Waals surface area (Å²) in [6.45, 7) is 10.1. The largest absolute Gasteiger partial charge is 0.357 e. The van der Waals surface area contributed by atoms with E-state index in [9.17, 15) is 0 Å². The molecule has 0 saturated carbocycles. The predicted octanol–water partition coefficient (Wildman–Crippen LogP) is 4.48. The Morgan fingerprint density at radius 3 is 2.61 bits per heavy atom. The van der Waals surface area contributed by atoms with Gasteiger partial charge in [-0.15, -0.1) is 34.2 Å². The summed E-state index contributed by atoms with van der Waals surface area (Å²) in [4.78, 5) is 4.75. The Morgan fingerprint density at radius 1 is 1.06 bits per heavy atom. The van der Waals surface area contributed by atoms with E-state index in [0.717, 1.165) is 69.5 Å². The van der Waals surface area contributed by atoms with Crippen LogP contribution in [0.3, 0.4) is 0 Å². The Morgan fingerprint density at radius 2 is 1.87 bits per heavy atom. The summed E-state index contributed by atoms with van der Waals surface area (Å²) in [5, 5.41) is 15.6. The van der Waals surface area contributed by atoms with Crippen molar-refractivity contribution in [1.82, 2.24) is 25.4 Å². The minimum absolute atomic E-state index is 0. The Hall–Kier alpha value is -1.64. The van der Waals surface area contributed by atoms with Crippen LogP contribution in [0.1, 0.15) is 75.1 Å². The van der Waals surface area contributed by atoms with Gasteiger partial charge in [-0.2, -0.15) is 0 Å². The van der Waals surface area contributed by atoms with Crippen molar-refractivity contribution in [3.63, 3.8) is 0 Å². The van der Waals surface area contributed by atoms with Gasteiger partial charge in [0.05, 0.1) is 0 Å². The molecule has 172 valence electrons. The lowest BCUT2D eigenvalue weighted by molar-refractivity contribution is 0.600. The molecule has 2 N–H and O–H groups in total. The number of halogens is 1. The molecular weight excluding hydrogens is 499 g/mol. The van der Waals surface area contributed by atoms with Crippen LogP contribution in [0, 0.1) is 0 Å². The average molecular weight is 539 g/mol. The monoisotopic (exact) mass is 538 g/mol. The van der Waals surface area contributed by atoms with Gasteiger partial charge in [0.25, 0.3) is 0 Å². The highest BCUT2D eigenvalue weighted by Gasteiger charge is 2.14. The van der Waals surface area contributed by atoms with E-state index < -0.39 is 0 Å². The number of nitrogens with zero attached hydrogens (tertiary/aromatic N) is 4. The van der Waals surface area contributed by atoms with Gasteiger partial charge in [-0.25, -0.2) is 0 Å². The number of nitrogens with one attached hydrogen (secondary N) is 2. The molecule has 0 unspecified atom stereocenters. The zero-order valence-corrected chi connectivity index (χ0v) is 21.7. The molecule has 3 rings (SSSR count). The average Bonchev–Trinajstić information content (AvgIpc) is 2.97. The second kappa shape index (κ2) is 13.7. The van der Waals surface area contributed by atoms with Crippen LogP contribution in [0.4, 0.5) is 0 Å². The molecule has 0 amide bonds. The zero-order valence-electron chi connectivity index (χ0n) is 19.4. The molecule has 0 radical (unpaired) electrons. The van der Waals surface area contributed by atoms with Gasteiger partial charge < -0.3 is 15.2 Å². The first-order chi connectivity index (χ1) is 14.7. The van der Waals surface area contributed by atoms with Crippen molar-refractivity contribution in [2.75, 3.05) is 19.6 Å². The van der Waals surface area contributed by atoms with Gasteiger partial charge in [-0.3, -0.25) is 4.99 Å². The van der Waals surface area contributed by atoms with E-state index in [-0.39, 0.29) is 24.0 Å². The van der Waals surface area contributed by atoms with Crippen LogP contribution in [0.25, 0.3) is 0 Å². The van der Waals surface area contributed by atoms with E-state index in [2.05, 4.69) is 70.4 Å². The fraction of sp³-hybridized carbons (Fsp3) is 0.625. The van der Waals surface area contributed by atoms with E-state index in [1.54, 1.807) is 0 Å². The maximum atomic E-state index is 4.75. The normalized spacial score (nSPS) is 14.0. The van der Waals surface area contributed by atoms with E-state index in [1.165, 1.54) is 30.4 Å². The maximum Gasteiger partial charge on any atom is 0.191 e. The molecule has 2 aromatic rings. The third-order valence-corrected chi connectivity index (χ3v) is 5.71. The standard InChI is InChI=1S/C24H38N6.HI/c1-4-25-24(26-16-8-9-20-11-13-21(14-12-20)19(2)3)27-17-15-23-29-28-22-10-6-5-7-18-30(22)23;/h11-14,19H,4-10,15-18H2,1-3H3,(H2,25,26,27);1H. The van der Waals surface area contributed by atoms with Crippen LogP contribution in [-0.2, 0) is 25.8 Å². The second-order valence-corrected chi connectivity index (χ2v) is 8.43. The fourth-order valence-electron chi connectivity index (χ4n) is 3.91. The van der Waals surface area contributed by atoms with Crippen LogP contribution < -0.4 is 10.6 Å². The summed E-state index contributed by atoms with van der Waals surface area (Å²) < 4.78 is 2.32. The summed E-state index contributed by atoms with van der Waals surface area (Å²) >= 11 is 0. The number of aliphatic imine (C=N–C) groups is 1. The van der Waals surface area contributed by atoms with Gasteiger partial charge in [0.2, 0.25) is 0 Å². The minimum atomic E-state index is 0. The van der Waals surface area contributed by atoms with Crippen LogP contribution in [-0.4, -0.2) is 40.4 Å². The number of aromatic nitrogens is 3. The van der Waals surface area contributed by atoms with Gasteiger partial charge in [0.1, 0.15) is 11.6 Å². The Labute approximate surface area is 204 Å². The fourth-order valence-corrected chi connectivity index (χ4v) is 3.91. The van der Waals surface area contributed by atoms with Crippen molar-refractivity contribution in [2.45, 2.75) is 78.2 Å². The highest BCUT2D eigenvalue weighted by atomic mass is 127. The zero-order chi connectivity index (χ0) is 21.2. The van der Waals surface area contributed by atoms with Crippen molar-refractivity contribution in [3.05, 3.63) is 47.0 Å². The van der Waals surface area contributed by atoms with Gasteiger partial charge in [0, 0.05) is 39.0 Å². The van der Waals surface area contributed by atoms with E-state index in [1.807, 2.05) is 0 Å². The van der Waals surface area contributed by atoms with Crippen LogP contribution in [0.5, 0.6) is 0 Å². The summed E-state index contributed by atoms with van der Waals surface area (Å²) in [6.07, 6.45) is 7.80. The lowest BCUT2D eigenvalue weighted by Gasteiger charge is -2.12. The molecule has 1 aromatic carbocycles. The van der Waals surface area contributed by atoms with Gasteiger partial charge in [0.15, 0.2) is 5.96 Å². The molecule has 6 nitrogen and oxygen atoms in total. The van der Waals surface area contributed by atoms with Crippen molar-refractivity contribution < 1.29 is 0 Å². The maximum absolute atomic E-state index is 4.75.